The highest BCUT2D eigenvalue weighted by Crippen LogP contribution is 2.31. The molecule has 180 valence electrons. The first-order valence-corrected chi connectivity index (χ1v) is 12.3. The van der Waals surface area contributed by atoms with Gasteiger partial charge < -0.3 is 5.32 Å². The lowest BCUT2D eigenvalue weighted by molar-refractivity contribution is -0.137. The topological polar surface area (TPSA) is 72.7 Å². The summed E-state index contributed by atoms with van der Waals surface area (Å²) in [5, 5.41) is 12.2. The van der Waals surface area contributed by atoms with Crippen molar-refractivity contribution in [3.63, 3.8) is 0 Å². The van der Waals surface area contributed by atoms with Crippen molar-refractivity contribution in [2.75, 3.05) is 11.1 Å². The molecule has 0 unspecified atom stereocenters. The molecule has 0 saturated heterocycles. The van der Waals surface area contributed by atoms with Crippen molar-refractivity contribution in [3.05, 3.63) is 89.5 Å². The number of alkyl halides is 3. The number of benzene rings is 2. The summed E-state index contributed by atoms with van der Waals surface area (Å²) in [4.78, 5) is 17.4. The van der Waals surface area contributed by atoms with Gasteiger partial charge in [0.05, 0.1) is 11.3 Å². The predicted octanol–water partition coefficient (Wildman–Crippen LogP) is 5.93. The molecule has 0 aliphatic rings. The van der Waals surface area contributed by atoms with Gasteiger partial charge >= 0.3 is 6.18 Å². The zero-order chi connectivity index (χ0) is 24.8. The van der Waals surface area contributed by atoms with Crippen LogP contribution in [0.15, 0.2) is 78.6 Å². The zero-order valence-electron chi connectivity index (χ0n) is 18.3. The van der Waals surface area contributed by atoms with Crippen LogP contribution in [0.1, 0.15) is 16.0 Å². The van der Waals surface area contributed by atoms with Gasteiger partial charge in [0.15, 0.2) is 16.1 Å². The van der Waals surface area contributed by atoms with Crippen LogP contribution in [0.2, 0.25) is 0 Å². The molecule has 6 nitrogen and oxygen atoms in total. The molecule has 1 amide bonds. The molecule has 0 radical (unpaired) electrons. The van der Waals surface area contributed by atoms with E-state index in [-0.39, 0.29) is 11.7 Å². The van der Waals surface area contributed by atoms with Gasteiger partial charge in [-0.3, -0.25) is 9.36 Å². The van der Waals surface area contributed by atoms with Crippen molar-refractivity contribution in [2.45, 2.75) is 24.3 Å². The number of rotatable bonds is 9. The molecular weight excluding hydrogens is 495 g/mol. The monoisotopic (exact) mass is 515 g/mol. The van der Waals surface area contributed by atoms with Crippen LogP contribution in [0.25, 0.3) is 11.4 Å². The van der Waals surface area contributed by atoms with Crippen LogP contribution in [-0.4, -0.2) is 31.4 Å². The molecule has 0 bridgehead atoms. The Balaban J connectivity index is 1.36. The number of anilines is 1. The minimum atomic E-state index is -4.39. The van der Waals surface area contributed by atoms with Crippen molar-refractivity contribution in [1.82, 2.24) is 19.7 Å². The van der Waals surface area contributed by atoms with Crippen LogP contribution in [0, 0.1) is 0 Å². The maximum absolute atomic E-state index is 12.9. The number of thiazole rings is 1. The molecule has 0 aliphatic carbocycles. The lowest BCUT2D eigenvalue weighted by Crippen LogP contribution is -2.14. The van der Waals surface area contributed by atoms with Gasteiger partial charge in [-0.25, -0.2) is 4.98 Å². The van der Waals surface area contributed by atoms with Crippen LogP contribution < -0.4 is 5.32 Å². The highest BCUT2D eigenvalue weighted by Gasteiger charge is 2.30. The standard InChI is InChI=1S/C24H20F3N5OS2/c1-2-11-32-21(17-8-4-3-5-9-17)30-31-23(32)34-15-20(33)29-22-28-14-19(35-22)13-16-7-6-10-18(12-16)24(25,26)27/h2-10,12,14H,1,11,13,15H2,(H,28,29,33). The summed E-state index contributed by atoms with van der Waals surface area (Å²) < 4.78 is 40.7. The molecule has 2 aromatic carbocycles. The third-order valence-electron chi connectivity index (χ3n) is 4.83. The molecule has 11 heteroatoms. The Morgan fingerprint density at radius 3 is 2.69 bits per heavy atom. The van der Waals surface area contributed by atoms with E-state index in [0.717, 1.165) is 22.6 Å². The Morgan fingerprint density at radius 1 is 1.14 bits per heavy atom. The number of nitrogens with zero attached hydrogens (tertiary/aromatic N) is 4. The lowest BCUT2D eigenvalue weighted by atomic mass is 10.1. The Bertz CT molecular complexity index is 1320. The molecule has 0 spiro atoms. The fourth-order valence-corrected chi connectivity index (χ4v) is 4.89. The number of hydrogen-bond donors (Lipinski definition) is 1. The molecule has 0 atom stereocenters. The van der Waals surface area contributed by atoms with E-state index in [9.17, 15) is 18.0 Å². The Kier molecular flexibility index (Phi) is 7.67. The number of allylic oxidation sites excluding steroid dienone is 1. The number of carbonyl (C=O) groups excluding carboxylic acids is 1. The first kappa shape index (κ1) is 24.7. The molecular formula is C24H20F3N5OS2. The maximum atomic E-state index is 12.9. The van der Waals surface area contributed by atoms with Crippen LogP contribution in [-0.2, 0) is 23.9 Å². The van der Waals surface area contributed by atoms with E-state index < -0.39 is 11.7 Å². The number of hydrogen-bond acceptors (Lipinski definition) is 6. The summed E-state index contributed by atoms with van der Waals surface area (Å²) in [6.45, 7) is 4.28. The van der Waals surface area contributed by atoms with Gasteiger partial charge in [-0.2, -0.15) is 13.2 Å². The SMILES string of the molecule is C=CCn1c(SCC(=O)Nc2ncc(Cc3cccc(C(F)(F)F)c3)s2)nnc1-c1ccccc1. The number of aromatic nitrogens is 4. The summed E-state index contributed by atoms with van der Waals surface area (Å²) in [6.07, 6.45) is -0.806. The van der Waals surface area contributed by atoms with E-state index in [4.69, 9.17) is 0 Å². The Morgan fingerprint density at radius 2 is 1.94 bits per heavy atom. The van der Waals surface area contributed by atoms with Gasteiger partial charge in [0, 0.05) is 29.6 Å². The van der Waals surface area contributed by atoms with Crippen molar-refractivity contribution in [2.24, 2.45) is 0 Å². The highest BCUT2D eigenvalue weighted by atomic mass is 32.2. The van der Waals surface area contributed by atoms with E-state index in [0.29, 0.717) is 34.6 Å². The molecule has 2 aromatic heterocycles. The first-order valence-electron chi connectivity index (χ1n) is 10.5. The predicted molar refractivity (Wildman–Crippen MR) is 131 cm³/mol. The zero-order valence-corrected chi connectivity index (χ0v) is 20.0. The first-order chi connectivity index (χ1) is 16.8. The molecule has 0 aliphatic heterocycles. The summed E-state index contributed by atoms with van der Waals surface area (Å²) in [7, 11) is 0. The molecule has 4 rings (SSSR count). The Hall–Kier alpha value is -3.44. The fourth-order valence-electron chi connectivity index (χ4n) is 3.28. The average molecular weight is 516 g/mol. The third-order valence-corrected chi connectivity index (χ3v) is 6.70. The fraction of sp³-hybridized carbons (Fsp3) is 0.167. The van der Waals surface area contributed by atoms with Gasteiger partial charge in [-0.05, 0) is 11.6 Å². The quantitative estimate of drug-likeness (QED) is 0.221. The number of nitrogens with one attached hydrogen (secondary N) is 1. The normalized spacial score (nSPS) is 11.4. The second-order valence-corrected chi connectivity index (χ2v) is 9.47. The minimum absolute atomic E-state index is 0.0899. The molecule has 35 heavy (non-hydrogen) atoms. The highest BCUT2D eigenvalue weighted by molar-refractivity contribution is 7.99. The second kappa shape index (κ2) is 10.9. The van der Waals surface area contributed by atoms with E-state index in [1.165, 1.54) is 29.2 Å². The van der Waals surface area contributed by atoms with E-state index in [1.807, 2.05) is 34.9 Å². The lowest BCUT2D eigenvalue weighted by Gasteiger charge is -2.08. The van der Waals surface area contributed by atoms with Gasteiger partial charge in [-0.1, -0.05) is 66.4 Å². The second-order valence-electron chi connectivity index (χ2n) is 7.41. The average Bonchev–Trinajstić information content (AvgIpc) is 3.45. The summed E-state index contributed by atoms with van der Waals surface area (Å²) in [5.41, 5.74) is 0.742. The third kappa shape index (κ3) is 6.37. The number of carbonyl (C=O) groups is 1. The van der Waals surface area contributed by atoms with Crippen molar-refractivity contribution < 1.29 is 18.0 Å². The van der Waals surface area contributed by atoms with E-state index in [2.05, 4.69) is 27.1 Å². The van der Waals surface area contributed by atoms with Gasteiger partial charge in [0.25, 0.3) is 0 Å². The largest absolute Gasteiger partial charge is 0.416 e. The van der Waals surface area contributed by atoms with Crippen LogP contribution in [0.4, 0.5) is 18.3 Å². The van der Waals surface area contributed by atoms with Crippen LogP contribution >= 0.6 is 23.1 Å². The summed E-state index contributed by atoms with van der Waals surface area (Å²) in [6, 6.07) is 14.8. The number of halogens is 3. The van der Waals surface area contributed by atoms with E-state index >= 15 is 0 Å². The van der Waals surface area contributed by atoms with Gasteiger partial charge in [-0.15, -0.1) is 28.1 Å². The smallest absolute Gasteiger partial charge is 0.301 e. The number of amides is 1. The number of thioether (sulfide) groups is 1. The maximum Gasteiger partial charge on any atom is 0.416 e. The molecule has 4 aromatic rings. The minimum Gasteiger partial charge on any atom is -0.301 e. The van der Waals surface area contributed by atoms with E-state index in [1.54, 1.807) is 18.3 Å². The van der Waals surface area contributed by atoms with Gasteiger partial charge in [0.1, 0.15) is 0 Å². The molecule has 0 saturated carbocycles. The van der Waals surface area contributed by atoms with Gasteiger partial charge in [0.2, 0.25) is 5.91 Å². The van der Waals surface area contributed by atoms with Crippen molar-refractivity contribution >= 4 is 34.1 Å². The summed E-state index contributed by atoms with van der Waals surface area (Å²) >= 11 is 2.47. The molecule has 1 N–H and O–H groups in total. The van der Waals surface area contributed by atoms with Crippen LogP contribution in [0.5, 0.6) is 0 Å². The van der Waals surface area contributed by atoms with Crippen molar-refractivity contribution in [1.29, 1.82) is 0 Å². The van der Waals surface area contributed by atoms with Crippen molar-refractivity contribution in [3.8, 4) is 11.4 Å². The summed E-state index contributed by atoms with van der Waals surface area (Å²) in [5.74, 6) is 0.504. The Labute approximate surface area is 207 Å². The molecule has 0 fully saturated rings. The molecule has 2 heterocycles. The van der Waals surface area contributed by atoms with Crippen LogP contribution in [0.3, 0.4) is 0 Å².